The molecule has 0 aliphatic carbocycles. The quantitative estimate of drug-likeness (QED) is 0.733. The van der Waals surface area contributed by atoms with Crippen molar-refractivity contribution in [2.75, 3.05) is 0 Å². The van der Waals surface area contributed by atoms with Crippen LogP contribution in [0.15, 0.2) is 36.4 Å². The highest BCUT2D eigenvalue weighted by atomic mass is 16.3. The molecule has 0 fully saturated rings. The number of H-pyrrole nitrogens is 1. The summed E-state index contributed by atoms with van der Waals surface area (Å²) in [6.45, 7) is 2.11. The van der Waals surface area contributed by atoms with Crippen LogP contribution in [0.2, 0.25) is 0 Å². The van der Waals surface area contributed by atoms with E-state index in [4.69, 9.17) is 0 Å². The molecule has 3 aromatic rings. The topological polar surface area (TPSA) is 61.8 Å². The molecule has 0 saturated carbocycles. The lowest BCUT2D eigenvalue weighted by Crippen LogP contribution is -1.99. The molecule has 0 atom stereocenters. The third-order valence-electron chi connectivity index (χ3n) is 3.85. The number of nitrogens with one attached hydrogen (secondary N) is 1. The fourth-order valence-electron chi connectivity index (χ4n) is 2.64. The van der Waals surface area contributed by atoms with Gasteiger partial charge in [0.15, 0.2) is 5.65 Å². The van der Waals surface area contributed by atoms with Gasteiger partial charge >= 0.3 is 0 Å². The average molecular weight is 295 g/mol. The predicted molar refractivity (Wildman–Crippen MR) is 87.7 cm³/mol. The molecule has 2 aromatic heterocycles. The molecule has 0 unspecified atom stereocenters. The maximum Gasteiger partial charge on any atom is 0.178 e. The Morgan fingerprint density at radius 1 is 1.14 bits per heavy atom. The summed E-state index contributed by atoms with van der Waals surface area (Å²) in [6.07, 6.45) is 3.97. The monoisotopic (exact) mass is 295 g/mol. The number of aromatic amines is 1. The van der Waals surface area contributed by atoms with Gasteiger partial charge < -0.3 is 10.1 Å². The lowest BCUT2D eigenvalue weighted by atomic mass is 10.0. The highest BCUT2D eigenvalue weighted by molar-refractivity contribution is 5.72. The number of hydrogen-bond donors (Lipinski definition) is 2. The first-order valence-electron chi connectivity index (χ1n) is 7.82. The first kappa shape index (κ1) is 14.7. The Bertz CT molecular complexity index is 750. The zero-order valence-electron chi connectivity index (χ0n) is 12.8. The van der Waals surface area contributed by atoms with Crippen LogP contribution in [-0.2, 0) is 19.4 Å². The van der Waals surface area contributed by atoms with Gasteiger partial charge in [-0.2, -0.15) is 0 Å². The molecule has 2 heterocycles. The predicted octanol–water partition coefficient (Wildman–Crippen LogP) is 3.38. The average Bonchev–Trinajstić information content (AvgIpc) is 2.94. The van der Waals surface area contributed by atoms with Crippen molar-refractivity contribution in [1.82, 2.24) is 15.0 Å². The Morgan fingerprint density at radius 3 is 2.68 bits per heavy atom. The molecule has 114 valence electrons. The van der Waals surface area contributed by atoms with E-state index in [1.165, 1.54) is 5.56 Å². The highest BCUT2D eigenvalue weighted by Crippen LogP contribution is 2.19. The first-order chi connectivity index (χ1) is 10.8. The SMILES string of the molecule is CCCCc1nc2nc(CO)c(Cc3ccccc3)cc2[nH]1. The van der Waals surface area contributed by atoms with E-state index in [1.54, 1.807) is 0 Å². The van der Waals surface area contributed by atoms with Crippen molar-refractivity contribution in [2.24, 2.45) is 0 Å². The normalized spacial score (nSPS) is 11.2. The second-order valence-electron chi connectivity index (χ2n) is 5.57. The summed E-state index contributed by atoms with van der Waals surface area (Å²) in [5.41, 5.74) is 4.63. The first-order valence-corrected chi connectivity index (χ1v) is 7.82. The Morgan fingerprint density at radius 2 is 1.95 bits per heavy atom. The number of pyridine rings is 1. The number of rotatable bonds is 6. The van der Waals surface area contributed by atoms with E-state index in [2.05, 4.69) is 40.1 Å². The largest absolute Gasteiger partial charge is 0.390 e. The van der Waals surface area contributed by atoms with Crippen molar-refractivity contribution >= 4 is 11.2 Å². The molecule has 1 aromatic carbocycles. The van der Waals surface area contributed by atoms with Crippen LogP contribution < -0.4 is 0 Å². The van der Waals surface area contributed by atoms with E-state index in [-0.39, 0.29) is 6.61 Å². The summed E-state index contributed by atoms with van der Waals surface area (Å²) in [6, 6.07) is 12.3. The number of benzene rings is 1. The molecule has 0 radical (unpaired) electrons. The van der Waals surface area contributed by atoms with E-state index < -0.39 is 0 Å². The molecule has 0 aliphatic heterocycles. The van der Waals surface area contributed by atoms with Gasteiger partial charge in [-0.15, -0.1) is 0 Å². The molecular weight excluding hydrogens is 274 g/mol. The third kappa shape index (κ3) is 3.17. The van der Waals surface area contributed by atoms with Gasteiger partial charge in [-0.25, -0.2) is 9.97 Å². The number of fused-ring (bicyclic) bond motifs is 1. The van der Waals surface area contributed by atoms with Gasteiger partial charge in [-0.05, 0) is 30.0 Å². The molecule has 0 saturated heterocycles. The number of nitrogens with zero attached hydrogens (tertiary/aromatic N) is 2. The molecule has 4 heteroatoms. The Hall–Kier alpha value is -2.20. The Labute approximate surface area is 130 Å². The van der Waals surface area contributed by atoms with Crippen molar-refractivity contribution < 1.29 is 5.11 Å². The summed E-state index contributed by atoms with van der Waals surface area (Å²) in [7, 11) is 0. The van der Waals surface area contributed by atoms with Crippen LogP contribution in [0.3, 0.4) is 0 Å². The van der Waals surface area contributed by atoms with Gasteiger partial charge in [-0.1, -0.05) is 43.7 Å². The summed E-state index contributed by atoms with van der Waals surface area (Å²) in [5.74, 6) is 0.977. The molecule has 22 heavy (non-hydrogen) atoms. The van der Waals surface area contributed by atoms with E-state index in [1.807, 2.05) is 18.2 Å². The molecule has 0 amide bonds. The molecule has 4 nitrogen and oxygen atoms in total. The second-order valence-corrected chi connectivity index (χ2v) is 5.57. The summed E-state index contributed by atoms with van der Waals surface area (Å²) in [4.78, 5) is 12.4. The fourth-order valence-corrected chi connectivity index (χ4v) is 2.64. The number of unbranched alkanes of at least 4 members (excludes halogenated alkanes) is 1. The van der Waals surface area contributed by atoms with E-state index in [0.717, 1.165) is 42.6 Å². The van der Waals surface area contributed by atoms with Crippen LogP contribution in [0.4, 0.5) is 0 Å². The Kier molecular flexibility index (Phi) is 4.49. The third-order valence-corrected chi connectivity index (χ3v) is 3.85. The van der Waals surface area contributed by atoms with Crippen molar-refractivity contribution in [3.8, 4) is 0 Å². The number of hydrogen-bond acceptors (Lipinski definition) is 3. The van der Waals surface area contributed by atoms with Crippen molar-refractivity contribution in [3.63, 3.8) is 0 Å². The van der Waals surface area contributed by atoms with Crippen LogP contribution in [0.5, 0.6) is 0 Å². The minimum atomic E-state index is -0.0603. The number of aliphatic hydroxyl groups is 1. The van der Waals surface area contributed by atoms with E-state index in [9.17, 15) is 5.11 Å². The number of aromatic nitrogens is 3. The van der Waals surface area contributed by atoms with Gasteiger partial charge in [0.25, 0.3) is 0 Å². The standard InChI is InChI=1S/C18H21N3O/c1-2-3-9-17-19-15-11-14(10-13-7-5-4-6-8-13)16(12-22)20-18(15)21-17/h4-8,11,22H,2-3,9-10,12H2,1H3,(H,19,20,21). The molecular formula is C18H21N3O. The van der Waals surface area contributed by atoms with Crippen molar-refractivity contribution in [3.05, 3.63) is 59.0 Å². The van der Waals surface area contributed by atoms with Crippen LogP contribution in [0.1, 0.15) is 42.4 Å². The van der Waals surface area contributed by atoms with Gasteiger partial charge in [0.05, 0.1) is 17.8 Å². The van der Waals surface area contributed by atoms with Gasteiger partial charge in [0, 0.05) is 6.42 Å². The number of aliphatic hydroxyl groups excluding tert-OH is 1. The molecule has 0 spiro atoms. The van der Waals surface area contributed by atoms with Gasteiger partial charge in [0.1, 0.15) is 5.82 Å². The fraction of sp³-hybridized carbons (Fsp3) is 0.333. The maximum atomic E-state index is 9.60. The second kappa shape index (κ2) is 6.71. The number of imidazole rings is 1. The minimum Gasteiger partial charge on any atom is -0.390 e. The zero-order chi connectivity index (χ0) is 15.4. The Balaban J connectivity index is 1.94. The highest BCUT2D eigenvalue weighted by Gasteiger charge is 2.10. The van der Waals surface area contributed by atoms with E-state index >= 15 is 0 Å². The van der Waals surface area contributed by atoms with Crippen molar-refractivity contribution in [2.45, 2.75) is 39.2 Å². The molecule has 2 N–H and O–H groups in total. The molecule has 0 aliphatic rings. The molecule has 3 rings (SSSR count). The summed E-state index contributed by atoms with van der Waals surface area (Å²) < 4.78 is 0. The van der Waals surface area contributed by atoms with Crippen LogP contribution >= 0.6 is 0 Å². The van der Waals surface area contributed by atoms with Gasteiger partial charge in [0.2, 0.25) is 0 Å². The van der Waals surface area contributed by atoms with E-state index in [0.29, 0.717) is 11.3 Å². The smallest absolute Gasteiger partial charge is 0.178 e. The lowest BCUT2D eigenvalue weighted by molar-refractivity contribution is 0.276. The maximum absolute atomic E-state index is 9.60. The summed E-state index contributed by atoms with van der Waals surface area (Å²) in [5, 5.41) is 9.60. The van der Waals surface area contributed by atoms with Crippen LogP contribution in [0.25, 0.3) is 11.2 Å². The van der Waals surface area contributed by atoms with Gasteiger partial charge in [-0.3, -0.25) is 0 Å². The lowest BCUT2D eigenvalue weighted by Gasteiger charge is -2.06. The van der Waals surface area contributed by atoms with Crippen LogP contribution in [-0.4, -0.2) is 20.1 Å². The minimum absolute atomic E-state index is 0.0603. The van der Waals surface area contributed by atoms with Crippen molar-refractivity contribution in [1.29, 1.82) is 0 Å². The molecule has 0 bridgehead atoms. The number of aryl methyl sites for hydroxylation is 1. The van der Waals surface area contributed by atoms with Crippen LogP contribution in [0, 0.1) is 0 Å². The zero-order valence-corrected chi connectivity index (χ0v) is 12.8. The summed E-state index contributed by atoms with van der Waals surface area (Å²) >= 11 is 0.